The molecule has 2 fully saturated rings. The number of ether oxygens (including phenoxy) is 1. The number of fused-ring (bicyclic) bond motifs is 1. The largest absolute Gasteiger partial charge is 0.385 e. The van der Waals surface area contributed by atoms with Gasteiger partial charge in [-0.1, -0.05) is 0 Å². The van der Waals surface area contributed by atoms with E-state index in [0.29, 0.717) is 18.9 Å². The first-order valence-corrected chi connectivity index (χ1v) is 7.88. The number of rotatable bonds is 5. The van der Waals surface area contributed by atoms with E-state index in [1.807, 2.05) is 6.92 Å². The van der Waals surface area contributed by atoms with Gasteiger partial charge in [-0.2, -0.15) is 4.31 Å². The molecule has 5 nitrogen and oxygen atoms in total. The molecular formula is C11H22N2O3S. The molecule has 1 N–H and O–H groups in total. The third-order valence-corrected chi connectivity index (χ3v) is 5.86. The molecule has 6 heteroatoms. The van der Waals surface area contributed by atoms with Crippen LogP contribution in [0.2, 0.25) is 0 Å². The van der Waals surface area contributed by atoms with E-state index in [1.54, 1.807) is 11.4 Å². The number of nitrogens with one attached hydrogen (secondary N) is 1. The molecule has 0 aromatic rings. The van der Waals surface area contributed by atoms with Crippen molar-refractivity contribution in [1.82, 2.24) is 9.62 Å². The first-order chi connectivity index (χ1) is 8.06. The van der Waals surface area contributed by atoms with Gasteiger partial charge in [0.15, 0.2) is 0 Å². The molecule has 2 heterocycles. The van der Waals surface area contributed by atoms with Gasteiger partial charge in [-0.15, -0.1) is 0 Å². The van der Waals surface area contributed by atoms with Gasteiger partial charge in [-0.05, 0) is 32.2 Å². The van der Waals surface area contributed by atoms with Crippen LogP contribution in [0.25, 0.3) is 0 Å². The summed E-state index contributed by atoms with van der Waals surface area (Å²) in [6.45, 7) is 4.29. The molecule has 100 valence electrons. The third-order valence-electron chi connectivity index (χ3n) is 3.78. The van der Waals surface area contributed by atoms with Crippen molar-refractivity contribution in [2.75, 3.05) is 32.6 Å². The molecule has 17 heavy (non-hydrogen) atoms. The average Bonchev–Trinajstić information content (AvgIpc) is 2.76. The lowest BCUT2D eigenvalue weighted by atomic mass is 10.0. The Hall–Kier alpha value is -0.170. The second-order valence-electron chi connectivity index (χ2n) is 5.06. The van der Waals surface area contributed by atoms with E-state index in [4.69, 9.17) is 4.74 Å². The topological polar surface area (TPSA) is 58.6 Å². The highest BCUT2D eigenvalue weighted by Gasteiger charge is 2.46. The van der Waals surface area contributed by atoms with Crippen LogP contribution in [0.5, 0.6) is 0 Å². The lowest BCUT2D eigenvalue weighted by Crippen LogP contribution is -2.43. The van der Waals surface area contributed by atoms with E-state index in [9.17, 15) is 8.42 Å². The summed E-state index contributed by atoms with van der Waals surface area (Å²) < 4.78 is 31.3. The Morgan fingerprint density at radius 1 is 1.41 bits per heavy atom. The zero-order valence-electron chi connectivity index (χ0n) is 10.6. The molecule has 0 aliphatic carbocycles. The molecule has 0 bridgehead atoms. The number of methoxy groups -OCH3 is 1. The Balaban J connectivity index is 2.04. The van der Waals surface area contributed by atoms with Crippen LogP contribution < -0.4 is 5.32 Å². The standard InChI is InChI=1S/C11H22N2O3S/c1-9-6-10-7-12-8-11(10)13(9)17(14,15)5-3-4-16-2/h9-12H,3-8H2,1-2H3. The van der Waals surface area contributed by atoms with E-state index >= 15 is 0 Å². The van der Waals surface area contributed by atoms with Crippen LogP contribution in [0.3, 0.4) is 0 Å². The SMILES string of the molecule is COCCCS(=O)(=O)N1C(C)CC2CNCC21. The van der Waals surface area contributed by atoms with Crippen molar-refractivity contribution in [3.63, 3.8) is 0 Å². The summed E-state index contributed by atoms with van der Waals surface area (Å²) in [6, 6.07) is 0.331. The van der Waals surface area contributed by atoms with E-state index in [0.717, 1.165) is 19.5 Å². The van der Waals surface area contributed by atoms with Gasteiger partial charge in [0, 0.05) is 32.3 Å². The molecule has 0 aromatic carbocycles. The van der Waals surface area contributed by atoms with E-state index < -0.39 is 10.0 Å². The van der Waals surface area contributed by atoms with Crippen LogP contribution in [0.1, 0.15) is 19.8 Å². The summed E-state index contributed by atoms with van der Waals surface area (Å²) in [6.07, 6.45) is 1.56. The summed E-state index contributed by atoms with van der Waals surface area (Å²) in [4.78, 5) is 0. The van der Waals surface area contributed by atoms with Crippen LogP contribution in [-0.4, -0.2) is 57.4 Å². The average molecular weight is 262 g/mol. The van der Waals surface area contributed by atoms with Gasteiger partial charge in [0.2, 0.25) is 10.0 Å². The summed E-state index contributed by atoms with van der Waals surface area (Å²) >= 11 is 0. The highest BCUT2D eigenvalue weighted by atomic mass is 32.2. The molecule has 3 unspecified atom stereocenters. The Morgan fingerprint density at radius 3 is 2.88 bits per heavy atom. The zero-order valence-corrected chi connectivity index (χ0v) is 11.4. The van der Waals surface area contributed by atoms with Crippen molar-refractivity contribution < 1.29 is 13.2 Å². The van der Waals surface area contributed by atoms with E-state index in [1.165, 1.54) is 0 Å². The molecular weight excluding hydrogens is 240 g/mol. The number of hydrogen-bond donors (Lipinski definition) is 1. The fourth-order valence-corrected chi connectivity index (χ4v) is 5.09. The third kappa shape index (κ3) is 2.65. The van der Waals surface area contributed by atoms with Crippen molar-refractivity contribution in [1.29, 1.82) is 0 Å². The molecule has 2 aliphatic heterocycles. The van der Waals surface area contributed by atoms with Gasteiger partial charge in [0.1, 0.15) is 0 Å². The second kappa shape index (κ2) is 5.22. The quantitative estimate of drug-likeness (QED) is 0.711. The maximum atomic E-state index is 12.3. The van der Waals surface area contributed by atoms with Crippen LogP contribution >= 0.6 is 0 Å². The molecule has 2 rings (SSSR count). The van der Waals surface area contributed by atoms with Gasteiger partial charge in [-0.25, -0.2) is 8.42 Å². The van der Waals surface area contributed by atoms with Gasteiger partial charge < -0.3 is 10.1 Å². The number of nitrogens with zero attached hydrogens (tertiary/aromatic N) is 1. The van der Waals surface area contributed by atoms with Crippen molar-refractivity contribution >= 4 is 10.0 Å². The lowest BCUT2D eigenvalue weighted by molar-refractivity contribution is 0.199. The molecule has 2 saturated heterocycles. The molecule has 0 aromatic heterocycles. The Kier molecular flexibility index (Phi) is 4.07. The van der Waals surface area contributed by atoms with Crippen molar-refractivity contribution in [3.8, 4) is 0 Å². The predicted octanol–water partition coefficient (Wildman–Crippen LogP) is 0.0349. The first kappa shape index (κ1) is 13.3. The van der Waals surface area contributed by atoms with Crippen LogP contribution in [0.15, 0.2) is 0 Å². The minimum absolute atomic E-state index is 0.152. The van der Waals surface area contributed by atoms with Crippen molar-refractivity contribution in [2.45, 2.75) is 31.8 Å². The van der Waals surface area contributed by atoms with E-state index in [-0.39, 0.29) is 17.8 Å². The normalized spacial score (nSPS) is 34.1. The maximum absolute atomic E-state index is 12.3. The second-order valence-corrected chi connectivity index (χ2v) is 7.06. The fraction of sp³-hybridized carbons (Fsp3) is 1.00. The summed E-state index contributed by atoms with van der Waals surface area (Å²) in [5.41, 5.74) is 0. The van der Waals surface area contributed by atoms with E-state index in [2.05, 4.69) is 5.32 Å². The van der Waals surface area contributed by atoms with Crippen molar-refractivity contribution in [3.05, 3.63) is 0 Å². The van der Waals surface area contributed by atoms with Gasteiger partial charge in [-0.3, -0.25) is 0 Å². The predicted molar refractivity (Wildman–Crippen MR) is 66.3 cm³/mol. The fourth-order valence-electron chi connectivity index (χ4n) is 3.10. The first-order valence-electron chi connectivity index (χ1n) is 6.27. The van der Waals surface area contributed by atoms with Crippen molar-refractivity contribution in [2.24, 2.45) is 5.92 Å². The zero-order chi connectivity index (χ0) is 12.5. The summed E-state index contributed by atoms with van der Waals surface area (Å²) in [5, 5.41) is 3.28. The van der Waals surface area contributed by atoms with Gasteiger partial charge in [0.25, 0.3) is 0 Å². The number of sulfonamides is 1. The minimum atomic E-state index is -3.12. The highest BCUT2D eigenvalue weighted by molar-refractivity contribution is 7.89. The molecule has 0 radical (unpaired) electrons. The molecule has 0 saturated carbocycles. The summed E-state index contributed by atoms with van der Waals surface area (Å²) in [5.74, 6) is 0.705. The minimum Gasteiger partial charge on any atom is -0.385 e. The molecule has 2 aliphatic rings. The maximum Gasteiger partial charge on any atom is 0.214 e. The molecule has 0 spiro atoms. The molecule has 3 atom stereocenters. The highest BCUT2D eigenvalue weighted by Crippen LogP contribution is 2.34. The smallest absolute Gasteiger partial charge is 0.214 e. The number of hydrogen-bond acceptors (Lipinski definition) is 4. The van der Waals surface area contributed by atoms with Crippen LogP contribution in [0, 0.1) is 5.92 Å². The Bertz CT molecular complexity index is 358. The molecule has 0 amide bonds. The summed E-state index contributed by atoms with van der Waals surface area (Å²) in [7, 11) is -1.52. The lowest BCUT2D eigenvalue weighted by Gasteiger charge is -2.26. The van der Waals surface area contributed by atoms with Gasteiger partial charge in [0.05, 0.1) is 5.75 Å². The Morgan fingerprint density at radius 2 is 2.18 bits per heavy atom. The van der Waals surface area contributed by atoms with Crippen LogP contribution in [0.4, 0.5) is 0 Å². The Labute approximate surface area is 104 Å². The van der Waals surface area contributed by atoms with Crippen LogP contribution in [-0.2, 0) is 14.8 Å². The monoisotopic (exact) mass is 262 g/mol. The van der Waals surface area contributed by atoms with Gasteiger partial charge >= 0.3 is 0 Å².